The molecule has 2 amide bonds. The summed E-state index contributed by atoms with van der Waals surface area (Å²) in [5, 5.41) is 8.81. The molecule has 4 N–H and O–H groups in total. The Labute approximate surface area is 151 Å². The molecule has 1 atom stereocenters. The number of nitrogens with one attached hydrogen (secondary N) is 1. The molecule has 0 spiro atoms. The third-order valence-electron chi connectivity index (χ3n) is 4.32. The summed E-state index contributed by atoms with van der Waals surface area (Å²) in [4.78, 5) is 25.8. The summed E-state index contributed by atoms with van der Waals surface area (Å²) >= 11 is 0. The van der Waals surface area contributed by atoms with Crippen LogP contribution in [0.2, 0.25) is 0 Å². The first-order chi connectivity index (χ1) is 12.6. The maximum atomic E-state index is 12.6. The number of amides is 2. The van der Waals surface area contributed by atoms with E-state index in [1.165, 1.54) is 4.90 Å². The van der Waals surface area contributed by atoms with E-state index in [-0.39, 0.29) is 5.91 Å². The monoisotopic (exact) mass is 349 g/mol. The lowest BCUT2D eigenvalue weighted by molar-refractivity contribution is -0.133. The van der Waals surface area contributed by atoms with E-state index in [9.17, 15) is 9.59 Å². The first-order valence-corrected chi connectivity index (χ1v) is 8.31. The molecule has 6 nitrogen and oxygen atoms in total. The van der Waals surface area contributed by atoms with Gasteiger partial charge in [-0.15, -0.1) is 0 Å². The van der Waals surface area contributed by atoms with Gasteiger partial charge in [-0.1, -0.05) is 11.8 Å². The fourth-order valence-electron chi connectivity index (χ4n) is 2.93. The molecule has 1 unspecified atom stereocenters. The summed E-state index contributed by atoms with van der Waals surface area (Å²) in [5.41, 5.74) is 10.1. The molecular weight excluding hydrogens is 330 g/mol. The fourth-order valence-corrected chi connectivity index (χ4v) is 2.93. The molecule has 26 heavy (non-hydrogen) atoms. The zero-order chi connectivity index (χ0) is 18.5. The van der Waals surface area contributed by atoms with Crippen LogP contribution in [0.25, 0.3) is 0 Å². The van der Waals surface area contributed by atoms with Crippen molar-refractivity contribution in [1.82, 2.24) is 10.4 Å². The Balaban J connectivity index is 1.72. The molecule has 0 aliphatic carbocycles. The van der Waals surface area contributed by atoms with Gasteiger partial charge in [0.2, 0.25) is 0 Å². The molecule has 6 heteroatoms. The molecule has 1 fully saturated rings. The minimum Gasteiger partial charge on any atom is -0.399 e. The Morgan fingerprint density at radius 3 is 2.19 bits per heavy atom. The Bertz CT molecular complexity index is 864. The zero-order valence-electron chi connectivity index (χ0n) is 14.1. The highest BCUT2D eigenvalue weighted by Gasteiger charge is 2.34. The van der Waals surface area contributed by atoms with Crippen LogP contribution in [0.4, 0.5) is 5.69 Å². The summed E-state index contributed by atoms with van der Waals surface area (Å²) in [6.45, 7) is 0.496. The molecule has 0 bridgehead atoms. The molecule has 0 saturated carbocycles. The molecule has 1 saturated heterocycles. The van der Waals surface area contributed by atoms with Gasteiger partial charge in [-0.25, -0.2) is 5.48 Å². The number of rotatable bonds is 2. The minimum atomic E-state index is -0.627. The normalized spacial score (nSPS) is 15.9. The van der Waals surface area contributed by atoms with Gasteiger partial charge in [-0.2, -0.15) is 0 Å². The fraction of sp³-hybridized carbons (Fsp3) is 0.200. The predicted octanol–water partition coefficient (Wildman–Crippen LogP) is 1.78. The number of hydroxylamine groups is 1. The van der Waals surface area contributed by atoms with Crippen LogP contribution in [0.3, 0.4) is 0 Å². The summed E-state index contributed by atoms with van der Waals surface area (Å²) in [6.07, 6.45) is 1.28. The number of nitrogens with two attached hydrogens (primary N) is 1. The number of anilines is 1. The van der Waals surface area contributed by atoms with Crippen LogP contribution in [0.5, 0.6) is 0 Å². The molecule has 0 aromatic heterocycles. The lowest BCUT2D eigenvalue weighted by Crippen LogP contribution is -2.45. The summed E-state index contributed by atoms with van der Waals surface area (Å²) in [5.74, 6) is 5.30. The Kier molecular flexibility index (Phi) is 5.20. The Morgan fingerprint density at radius 1 is 1.04 bits per heavy atom. The number of benzene rings is 2. The maximum absolute atomic E-state index is 12.6. The average Bonchev–Trinajstić information content (AvgIpc) is 3.16. The number of likely N-dealkylation sites (tertiary alicyclic amines) is 1. The van der Waals surface area contributed by atoms with Gasteiger partial charge in [0.15, 0.2) is 0 Å². The quantitative estimate of drug-likeness (QED) is 0.333. The van der Waals surface area contributed by atoms with Crippen LogP contribution in [0.1, 0.15) is 34.3 Å². The van der Waals surface area contributed by atoms with Gasteiger partial charge >= 0.3 is 0 Å². The standard InChI is InChI=1S/C20H19N3O3/c21-17-11-7-15(8-12-17)4-3-14-5-9-16(10-6-14)20(25)23-13-1-2-18(23)19(24)22-26/h5-12,18,26H,1-2,13,21H2,(H,22,24). The van der Waals surface area contributed by atoms with Crippen molar-refractivity contribution in [1.29, 1.82) is 0 Å². The first kappa shape index (κ1) is 17.5. The molecule has 3 rings (SSSR count). The van der Waals surface area contributed by atoms with E-state index in [1.54, 1.807) is 41.9 Å². The summed E-state index contributed by atoms with van der Waals surface area (Å²) in [7, 11) is 0. The average molecular weight is 349 g/mol. The van der Waals surface area contributed by atoms with E-state index in [4.69, 9.17) is 10.9 Å². The first-order valence-electron chi connectivity index (χ1n) is 8.31. The van der Waals surface area contributed by atoms with Crippen molar-refractivity contribution in [2.45, 2.75) is 18.9 Å². The molecular formula is C20H19N3O3. The third kappa shape index (κ3) is 3.85. The number of hydrogen-bond donors (Lipinski definition) is 3. The van der Waals surface area contributed by atoms with Crippen molar-refractivity contribution in [3.8, 4) is 11.8 Å². The molecule has 0 radical (unpaired) electrons. The summed E-state index contributed by atoms with van der Waals surface area (Å²) in [6, 6.07) is 13.6. The van der Waals surface area contributed by atoms with Crippen molar-refractivity contribution in [3.05, 3.63) is 65.2 Å². The number of carbonyl (C=O) groups is 2. The van der Waals surface area contributed by atoms with E-state index < -0.39 is 11.9 Å². The van der Waals surface area contributed by atoms with Crippen LogP contribution < -0.4 is 11.2 Å². The summed E-state index contributed by atoms with van der Waals surface area (Å²) < 4.78 is 0. The van der Waals surface area contributed by atoms with Gasteiger partial charge in [0.05, 0.1) is 0 Å². The van der Waals surface area contributed by atoms with Gasteiger partial charge in [-0.05, 0) is 61.4 Å². The predicted molar refractivity (Wildman–Crippen MR) is 97.3 cm³/mol. The Hall–Kier alpha value is -3.30. The molecule has 1 aliphatic heterocycles. The Morgan fingerprint density at radius 2 is 1.62 bits per heavy atom. The van der Waals surface area contributed by atoms with Crippen LogP contribution in [-0.2, 0) is 4.79 Å². The van der Waals surface area contributed by atoms with Crippen LogP contribution >= 0.6 is 0 Å². The van der Waals surface area contributed by atoms with Crippen LogP contribution in [0.15, 0.2) is 48.5 Å². The highest BCUT2D eigenvalue weighted by molar-refractivity contribution is 5.97. The second-order valence-corrected chi connectivity index (χ2v) is 6.08. The highest BCUT2D eigenvalue weighted by atomic mass is 16.5. The van der Waals surface area contributed by atoms with E-state index in [1.807, 2.05) is 12.1 Å². The van der Waals surface area contributed by atoms with Crippen molar-refractivity contribution < 1.29 is 14.8 Å². The molecule has 2 aromatic carbocycles. The number of nitrogens with zero attached hydrogens (tertiary/aromatic N) is 1. The lowest BCUT2D eigenvalue weighted by atomic mass is 10.1. The third-order valence-corrected chi connectivity index (χ3v) is 4.32. The lowest BCUT2D eigenvalue weighted by Gasteiger charge is -2.22. The number of carbonyl (C=O) groups excluding carboxylic acids is 2. The van der Waals surface area contributed by atoms with Gasteiger partial charge in [0.25, 0.3) is 11.8 Å². The second kappa shape index (κ2) is 7.72. The number of nitrogen functional groups attached to an aromatic ring is 1. The van der Waals surface area contributed by atoms with Gasteiger partial charge in [0.1, 0.15) is 6.04 Å². The van der Waals surface area contributed by atoms with Crippen molar-refractivity contribution in [2.24, 2.45) is 0 Å². The second-order valence-electron chi connectivity index (χ2n) is 6.08. The molecule has 2 aromatic rings. The van der Waals surface area contributed by atoms with Gasteiger partial charge in [-0.3, -0.25) is 14.8 Å². The van der Waals surface area contributed by atoms with E-state index in [0.717, 1.165) is 17.5 Å². The van der Waals surface area contributed by atoms with Crippen molar-refractivity contribution in [3.63, 3.8) is 0 Å². The van der Waals surface area contributed by atoms with Crippen molar-refractivity contribution in [2.75, 3.05) is 12.3 Å². The molecule has 1 heterocycles. The van der Waals surface area contributed by atoms with Gasteiger partial charge < -0.3 is 10.6 Å². The minimum absolute atomic E-state index is 0.228. The smallest absolute Gasteiger partial charge is 0.266 e. The van der Waals surface area contributed by atoms with Gasteiger partial charge in [0, 0.05) is 28.9 Å². The zero-order valence-corrected chi connectivity index (χ0v) is 14.1. The van der Waals surface area contributed by atoms with E-state index in [2.05, 4.69) is 11.8 Å². The SMILES string of the molecule is Nc1ccc(C#Cc2ccc(C(=O)N3CCCC3C(=O)NO)cc2)cc1. The maximum Gasteiger partial charge on any atom is 0.266 e. The molecule has 132 valence electrons. The largest absolute Gasteiger partial charge is 0.399 e. The molecule has 1 aliphatic rings. The number of hydrogen-bond acceptors (Lipinski definition) is 4. The van der Waals surface area contributed by atoms with Crippen LogP contribution in [-0.4, -0.2) is 34.5 Å². The van der Waals surface area contributed by atoms with Crippen molar-refractivity contribution >= 4 is 17.5 Å². The topological polar surface area (TPSA) is 95.7 Å². The van der Waals surface area contributed by atoms with E-state index in [0.29, 0.717) is 24.2 Å². The van der Waals surface area contributed by atoms with E-state index >= 15 is 0 Å². The van der Waals surface area contributed by atoms with Crippen LogP contribution in [0, 0.1) is 11.8 Å². The highest BCUT2D eigenvalue weighted by Crippen LogP contribution is 2.20.